The summed E-state index contributed by atoms with van der Waals surface area (Å²) in [6.07, 6.45) is -1.59. The minimum Gasteiger partial charge on any atom is -0.481 e. The lowest BCUT2D eigenvalue weighted by Gasteiger charge is -2.23. The van der Waals surface area contributed by atoms with E-state index in [0.717, 1.165) is 4.90 Å². The summed E-state index contributed by atoms with van der Waals surface area (Å²) in [6, 6.07) is 0. The molecule has 0 aromatic heterocycles. The van der Waals surface area contributed by atoms with Crippen LogP contribution in [0.15, 0.2) is 0 Å². The predicted molar refractivity (Wildman–Crippen MR) is 138 cm³/mol. The topological polar surface area (TPSA) is 229 Å². The van der Waals surface area contributed by atoms with Gasteiger partial charge in [0.2, 0.25) is 11.8 Å². The molecule has 0 atom stereocenters. The van der Waals surface area contributed by atoms with Crippen molar-refractivity contribution in [2.24, 2.45) is 0 Å². The van der Waals surface area contributed by atoms with Crippen LogP contribution in [0.25, 0.3) is 0 Å². The van der Waals surface area contributed by atoms with E-state index in [0.29, 0.717) is 32.7 Å². The Labute approximate surface area is 227 Å². The zero-order valence-corrected chi connectivity index (χ0v) is 22.4. The van der Waals surface area contributed by atoms with Crippen LogP contribution < -0.4 is 16.0 Å². The average molecular weight is 563 g/mol. The van der Waals surface area contributed by atoms with Crippen LogP contribution in [-0.2, 0) is 24.0 Å². The molecule has 0 radical (unpaired) electrons. The van der Waals surface area contributed by atoms with E-state index >= 15 is 0 Å². The van der Waals surface area contributed by atoms with Crippen molar-refractivity contribution in [2.45, 2.75) is 32.1 Å². The molecule has 0 aliphatic carbocycles. The van der Waals surface area contributed by atoms with Crippen molar-refractivity contribution in [2.75, 3.05) is 79.0 Å². The molecule has 0 bridgehead atoms. The molecule has 0 saturated carbocycles. The molecule has 0 heterocycles. The molecular formula is C23H42N6O10. The Hall–Kier alpha value is -3.50. The van der Waals surface area contributed by atoms with E-state index in [-0.39, 0.29) is 83.2 Å². The third-order valence-electron chi connectivity index (χ3n) is 5.59. The fourth-order valence-electron chi connectivity index (χ4n) is 3.36. The molecule has 16 heteroatoms. The quantitative estimate of drug-likeness (QED) is 0.0691. The van der Waals surface area contributed by atoms with E-state index in [9.17, 15) is 28.8 Å². The maximum absolute atomic E-state index is 12.3. The molecular weight excluding hydrogens is 520 g/mol. The molecule has 0 aromatic carbocycles. The van der Waals surface area contributed by atoms with Crippen LogP contribution in [0, 0.1) is 0 Å². The number of carbonyl (C=O) groups is 6. The lowest BCUT2D eigenvalue weighted by Crippen LogP contribution is -2.41. The number of carbonyl (C=O) groups excluding carboxylic acids is 2. The minimum absolute atomic E-state index is 0.0396. The van der Waals surface area contributed by atoms with Gasteiger partial charge in [-0.15, -0.1) is 0 Å². The zero-order valence-electron chi connectivity index (χ0n) is 22.4. The van der Waals surface area contributed by atoms with Gasteiger partial charge in [0.15, 0.2) is 0 Å². The van der Waals surface area contributed by atoms with Gasteiger partial charge in [-0.3, -0.25) is 24.0 Å². The molecule has 0 aliphatic heterocycles. The molecule has 0 aromatic rings. The summed E-state index contributed by atoms with van der Waals surface area (Å²) in [5.41, 5.74) is 0. The van der Waals surface area contributed by atoms with Gasteiger partial charge in [0.25, 0.3) is 0 Å². The number of nitrogens with one attached hydrogen (secondary N) is 3. The Bertz CT molecular complexity index is 779. The van der Waals surface area contributed by atoms with E-state index in [2.05, 4.69) is 16.0 Å². The highest BCUT2D eigenvalue weighted by Gasteiger charge is 2.15. The zero-order chi connectivity index (χ0) is 29.6. The molecule has 0 saturated heterocycles. The number of likely N-dealkylation sites (N-methyl/N-ethyl adjacent to an activating group) is 1. The highest BCUT2D eigenvalue weighted by Crippen LogP contribution is 1.98. The summed E-state index contributed by atoms with van der Waals surface area (Å²) in [6.45, 7) is 2.67. The predicted octanol–water partition coefficient (Wildman–Crippen LogP) is -1.77. The summed E-state index contributed by atoms with van der Waals surface area (Å²) in [7, 11) is 1.77. The maximum Gasteiger partial charge on any atom is 0.407 e. The maximum atomic E-state index is 12.3. The van der Waals surface area contributed by atoms with Crippen LogP contribution in [0.4, 0.5) is 4.79 Å². The second-order valence-corrected chi connectivity index (χ2v) is 8.69. The Morgan fingerprint density at radius 1 is 0.513 bits per heavy atom. The number of nitrogens with zero attached hydrogens (tertiary/aromatic N) is 3. The van der Waals surface area contributed by atoms with Crippen LogP contribution >= 0.6 is 0 Å². The van der Waals surface area contributed by atoms with E-state index in [1.807, 2.05) is 4.90 Å². The number of rotatable bonds is 24. The minimum atomic E-state index is -1.27. The highest BCUT2D eigenvalue weighted by molar-refractivity contribution is 5.77. The van der Waals surface area contributed by atoms with Crippen molar-refractivity contribution >= 4 is 35.8 Å². The SMILES string of the molecule is CNCCN(CCC(=O)NCCN(CCC(=O)O)CCC(=O)O)CCC(=O)NCCN(CCC(=O)O)C(=O)O. The summed E-state index contributed by atoms with van der Waals surface area (Å²) < 4.78 is 0. The monoisotopic (exact) mass is 562 g/mol. The Morgan fingerprint density at radius 2 is 0.897 bits per heavy atom. The number of aliphatic carboxylic acids is 3. The van der Waals surface area contributed by atoms with Crippen molar-refractivity contribution in [3.05, 3.63) is 0 Å². The lowest BCUT2D eigenvalue weighted by molar-refractivity contribution is -0.138. The van der Waals surface area contributed by atoms with Gasteiger partial charge < -0.3 is 51.1 Å². The standard InChI is InChI=1S/C23H42N6O10/c1-24-7-15-27(11-3-19(31)26-9-17-29(23(38)39)14-6-22(36)37)10-2-18(30)25-8-16-28(12-4-20(32)33)13-5-21(34)35/h24H,2-17H2,1H3,(H,25,30)(H,26,31)(H,32,33)(H,34,35)(H,36,37)(H,38,39). The smallest absolute Gasteiger partial charge is 0.407 e. The summed E-state index contributed by atoms with van der Waals surface area (Å²) in [5.74, 6) is -3.64. The van der Waals surface area contributed by atoms with Gasteiger partial charge in [0, 0.05) is 84.8 Å². The number of hydrogen-bond acceptors (Lipinski definition) is 9. The third-order valence-corrected chi connectivity index (χ3v) is 5.59. The van der Waals surface area contributed by atoms with E-state index in [4.69, 9.17) is 20.4 Å². The van der Waals surface area contributed by atoms with Crippen LogP contribution in [0.1, 0.15) is 32.1 Å². The molecule has 7 N–H and O–H groups in total. The Balaban J connectivity index is 4.48. The van der Waals surface area contributed by atoms with Gasteiger partial charge in [0.1, 0.15) is 0 Å². The number of amides is 3. The first kappa shape index (κ1) is 35.5. The van der Waals surface area contributed by atoms with Crippen LogP contribution in [-0.4, -0.2) is 150 Å². The fraction of sp³-hybridized carbons (Fsp3) is 0.739. The van der Waals surface area contributed by atoms with E-state index in [1.54, 1.807) is 11.9 Å². The molecule has 0 rings (SSSR count). The molecule has 39 heavy (non-hydrogen) atoms. The Morgan fingerprint density at radius 3 is 1.31 bits per heavy atom. The van der Waals surface area contributed by atoms with Crippen LogP contribution in [0.3, 0.4) is 0 Å². The van der Waals surface area contributed by atoms with Crippen molar-refractivity contribution in [3.63, 3.8) is 0 Å². The fourth-order valence-corrected chi connectivity index (χ4v) is 3.36. The molecule has 0 spiro atoms. The summed E-state index contributed by atoms with van der Waals surface area (Å²) in [4.78, 5) is 72.4. The molecule has 16 nitrogen and oxygen atoms in total. The average Bonchev–Trinajstić information content (AvgIpc) is 2.86. The van der Waals surface area contributed by atoms with Gasteiger partial charge in [-0.25, -0.2) is 4.79 Å². The highest BCUT2D eigenvalue weighted by atomic mass is 16.4. The van der Waals surface area contributed by atoms with Crippen molar-refractivity contribution < 1.29 is 49.2 Å². The van der Waals surface area contributed by atoms with Crippen LogP contribution in [0.5, 0.6) is 0 Å². The van der Waals surface area contributed by atoms with Crippen LogP contribution in [0.2, 0.25) is 0 Å². The van der Waals surface area contributed by atoms with E-state index < -0.39 is 24.0 Å². The van der Waals surface area contributed by atoms with Gasteiger partial charge in [0.05, 0.1) is 19.3 Å². The lowest BCUT2D eigenvalue weighted by atomic mass is 10.3. The second kappa shape index (κ2) is 21.4. The molecule has 0 unspecified atom stereocenters. The van der Waals surface area contributed by atoms with Gasteiger partial charge in [-0.2, -0.15) is 0 Å². The molecule has 0 fully saturated rings. The van der Waals surface area contributed by atoms with Gasteiger partial charge in [-0.1, -0.05) is 0 Å². The first-order valence-electron chi connectivity index (χ1n) is 12.7. The number of hydrogen-bond donors (Lipinski definition) is 7. The summed E-state index contributed by atoms with van der Waals surface area (Å²) in [5, 5.41) is 43.9. The van der Waals surface area contributed by atoms with Gasteiger partial charge in [-0.05, 0) is 7.05 Å². The number of carboxylic acid groups (broad SMARTS) is 4. The first-order chi connectivity index (χ1) is 18.4. The summed E-state index contributed by atoms with van der Waals surface area (Å²) >= 11 is 0. The second-order valence-electron chi connectivity index (χ2n) is 8.69. The van der Waals surface area contributed by atoms with Gasteiger partial charge >= 0.3 is 24.0 Å². The molecule has 0 aliphatic rings. The number of carboxylic acids is 3. The van der Waals surface area contributed by atoms with Crippen molar-refractivity contribution in [1.82, 2.24) is 30.7 Å². The molecule has 3 amide bonds. The van der Waals surface area contributed by atoms with Crippen molar-refractivity contribution in [1.29, 1.82) is 0 Å². The largest absolute Gasteiger partial charge is 0.481 e. The van der Waals surface area contributed by atoms with E-state index in [1.165, 1.54) is 0 Å². The van der Waals surface area contributed by atoms with Crippen molar-refractivity contribution in [3.8, 4) is 0 Å². The normalized spacial score (nSPS) is 10.8. The Kier molecular flexibility index (Phi) is 19.5. The molecule has 224 valence electrons. The third kappa shape index (κ3) is 21.2. The first-order valence-corrected chi connectivity index (χ1v) is 12.7.